The lowest BCUT2D eigenvalue weighted by molar-refractivity contribution is 0.434. The molecule has 0 bridgehead atoms. The van der Waals surface area contributed by atoms with Crippen LogP contribution in [0.1, 0.15) is 39.2 Å². The van der Waals surface area contributed by atoms with Crippen LogP contribution in [0.15, 0.2) is 12.1 Å². The molecule has 5 heteroatoms. The van der Waals surface area contributed by atoms with E-state index in [0.29, 0.717) is 5.92 Å². The van der Waals surface area contributed by atoms with Crippen molar-refractivity contribution in [3.63, 3.8) is 0 Å². The predicted molar refractivity (Wildman–Crippen MR) is 79.4 cm³/mol. The van der Waals surface area contributed by atoms with Gasteiger partial charge < -0.3 is 11.1 Å². The molecule has 0 aromatic heterocycles. The third-order valence-corrected chi connectivity index (χ3v) is 3.69. The zero-order chi connectivity index (χ0) is 14.6. The number of hydrogen-bond donors (Lipinski definition) is 2. The fourth-order valence-electron chi connectivity index (χ4n) is 2.19. The topological polar surface area (TPSA) is 38.0 Å². The number of thiocarbonyl (C=S) groups is 1. The quantitative estimate of drug-likeness (QED) is 0.780. The number of benzene rings is 1. The van der Waals surface area contributed by atoms with Crippen molar-refractivity contribution in [1.29, 1.82) is 0 Å². The first kappa shape index (κ1) is 15.8. The highest BCUT2D eigenvalue weighted by molar-refractivity contribution is 7.80. The zero-order valence-corrected chi connectivity index (χ0v) is 12.3. The fourth-order valence-corrected chi connectivity index (χ4v) is 2.31. The molecule has 0 aliphatic heterocycles. The van der Waals surface area contributed by atoms with Crippen LogP contribution in [0.25, 0.3) is 0 Å². The summed E-state index contributed by atoms with van der Waals surface area (Å²) in [5.74, 6) is -0.963. The Morgan fingerprint density at radius 2 is 1.74 bits per heavy atom. The molecule has 0 radical (unpaired) electrons. The Bertz CT molecular complexity index is 436. The number of anilines is 1. The fraction of sp³-hybridized carbons (Fsp3) is 0.500. The maximum absolute atomic E-state index is 13.9. The Hall–Kier alpha value is -1.23. The van der Waals surface area contributed by atoms with Gasteiger partial charge in [0.1, 0.15) is 22.3 Å². The summed E-state index contributed by atoms with van der Waals surface area (Å²) in [6.07, 6.45) is 1.91. The van der Waals surface area contributed by atoms with Crippen molar-refractivity contribution >= 4 is 22.9 Å². The van der Waals surface area contributed by atoms with Gasteiger partial charge in [-0.25, -0.2) is 8.78 Å². The SMILES string of the molecule is CCC(CC)C(C)Nc1c(F)cc(C(N)=S)cc1F. The van der Waals surface area contributed by atoms with Gasteiger partial charge in [0.25, 0.3) is 0 Å². The Kier molecular flexibility index (Phi) is 5.66. The molecule has 0 aliphatic carbocycles. The van der Waals surface area contributed by atoms with Crippen molar-refractivity contribution in [2.75, 3.05) is 5.32 Å². The van der Waals surface area contributed by atoms with E-state index in [4.69, 9.17) is 18.0 Å². The van der Waals surface area contributed by atoms with E-state index in [9.17, 15) is 8.78 Å². The summed E-state index contributed by atoms with van der Waals surface area (Å²) in [5.41, 5.74) is 5.46. The van der Waals surface area contributed by atoms with Crippen molar-refractivity contribution in [2.24, 2.45) is 11.7 Å². The molecule has 1 aromatic rings. The van der Waals surface area contributed by atoms with Crippen molar-refractivity contribution in [3.8, 4) is 0 Å². The minimum Gasteiger partial charge on any atom is -0.389 e. The third kappa shape index (κ3) is 3.86. The van der Waals surface area contributed by atoms with Crippen LogP contribution in [0.4, 0.5) is 14.5 Å². The van der Waals surface area contributed by atoms with Gasteiger partial charge in [-0.2, -0.15) is 0 Å². The summed E-state index contributed by atoms with van der Waals surface area (Å²) >= 11 is 4.72. The van der Waals surface area contributed by atoms with Crippen LogP contribution in [-0.2, 0) is 0 Å². The van der Waals surface area contributed by atoms with Gasteiger partial charge >= 0.3 is 0 Å². The van der Waals surface area contributed by atoms with E-state index in [0.717, 1.165) is 25.0 Å². The average Bonchev–Trinajstić information content (AvgIpc) is 2.34. The van der Waals surface area contributed by atoms with E-state index in [1.54, 1.807) is 0 Å². The summed E-state index contributed by atoms with van der Waals surface area (Å²) in [4.78, 5) is -0.0163. The van der Waals surface area contributed by atoms with Crippen LogP contribution in [0.5, 0.6) is 0 Å². The molecule has 0 heterocycles. The van der Waals surface area contributed by atoms with Gasteiger partial charge in [0.15, 0.2) is 0 Å². The first-order chi connectivity index (χ1) is 8.90. The Labute approximate surface area is 118 Å². The van der Waals surface area contributed by atoms with E-state index in [-0.39, 0.29) is 22.3 Å². The number of rotatable bonds is 6. The van der Waals surface area contributed by atoms with E-state index < -0.39 is 11.6 Å². The lowest BCUT2D eigenvalue weighted by atomic mass is 9.95. The summed E-state index contributed by atoms with van der Waals surface area (Å²) in [6, 6.07) is 2.32. The monoisotopic (exact) mass is 286 g/mol. The van der Waals surface area contributed by atoms with Gasteiger partial charge in [-0.3, -0.25) is 0 Å². The van der Waals surface area contributed by atoms with Gasteiger partial charge in [0, 0.05) is 11.6 Å². The first-order valence-electron chi connectivity index (χ1n) is 6.46. The molecule has 3 N–H and O–H groups in total. The maximum atomic E-state index is 13.9. The second-order valence-corrected chi connectivity index (χ2v) is 5.13. The first-order valence-corrected chi connectivity index (χ1v) is 6.86. The Morgan fingerprint density at radius 3 is 2.11 bits per heavy atom. The van der Waals surface area contributed by atoms with Crippen LogP contribution in [0, 0.1) is 17.6 Å². The van der Waals surface area contributed by atoms with Crippen molar-refractivity contribution in [1.82, 2.24) is 0 Å². The molecule has 1 atom stereocenters. The largest absolute Gasteiger partial charge is 0.389 e. The van der Waals surface area contributed by atoms with Gasteiger partial charge in [0.2, 0.25) is 0 Å². The molecule has 0 spiro atoms. The Balaban J connectivity index is 2.99. The van der Waals surface area contributed by atoms with Gasteiger partial charge in [-0.1, -0.05) is 38.9 Å². The van der Waals surface area contributed by atoms with Crippen molar-refractivity contribution < 1.29 is 8.78 Å². The van der Waals surface area contributed by atoms with E-state index in [2.05, 4.69) is 19.2 Å². The average molecular weight is 286 g/mol. The standard InChI is InChI=1S/C14H20F2N2S/c1-4-9(5-2)8(3)18-13-11(15)6-10(14(17)19)7-12(13)16/h6-9,18H,4-5H2,1-3H3,(H2,17,19). The normalized spacial score (nSPS) is 12.5. The number of hydrogen-bond acceptors (Lipinski definition) is 2. The van der Waals surface area contributed by atoms with E-state index in [1.165, 1.54) is 0 Å². The molecular formula is C14H20F2N2S. The lowest BCUT2D eigenvalue weighted by Gasteiger charge is -2.24. The number of nitrogens with two attached hydrogens (primary N) is 1. The van der Waals surface area contributed by atoms with Crippen LogP contribution >= 0.6 is 12.2 Å². The van der Waals surface area contributed by atoms with E-state index >= 15 is 0 Å². The van der Waals surface area contributed by atoms with Crippen LogP contribution in [0.2, 0.25) is 0 Å². The molecule has 1 aromatic carbocycles. The van der Waals surface area contributed by atoms with Gasteiger partial charge in [-0.05, 0) is 25.0 Å². The lowest BCUT2D eigenvalue weighted by Crippen LogP contribution is -2.26. The molecule has 0 saturated carbocycles. The smallest absolute Gasteiger partial charge is 0.150 e. The number of nitrogens with one attached hydrogen (secondary N) is 1. The summed E-state index contributed by atoms with van der Waals surface area (Å²) in [6.45, 7) is 6.06. The van der Waals surface area contributed by atoms with Gasteiger partial charge in [0.05, 0.1) is 0 Å². The Morgan fingerprint density at radius 1 is 1.26 bits per heavy atom. The van der Waals surface area contributed by atoms with Gasteiger partial charge in [-0.15, -0.1) is 0 Å². The highest BCUT2D eigenvalue weighted by atomic mass is 32.1. The summed E-state index contributed by atoms with van der Waals surface area (Å²) in [7, 11) is 0. The second-order valence-electron chi connectivity index (χ2n) is 4.69. The summed E-state index contributed by atoms with van der Waals surface area (Å²) < 4.78 is 27.8. The molecular weight excluding hydrogens is 266 g/mol. The van der Waals surface area contributed by atoms with E-state index in [1.807, 2.05) is 6.92 Å². The molecule has 1 unspecified atom stereocenters. The molecule has 1 rings (SSSR count). The van der Waals surface area contributed by atoms with Crippen LogP contribution in [0.3, 0.4) is 0 Å². The molecule has 106 valence electrons. The maximum Gasteiger partial charge on any atom is 0.150 e. The molecule has 2 nitrogen and oxygen atoms in total. The predicted octanol–water partition coefficient (Wildman–Crippen LogP) is 3.84. The molecule has 0 saturated heterocycles. The van der Waals surface area contributed by atoms with Crippen LogP contribution < -0.4 is 11.1 Å². The molecule has 0 amide bonds. The van der Waals surface area contributed by atoms with Crippen LogP contribution in [-0.4, -0.2) is 11.0 Å². The highest BCUT2D eigenvalue weighted by Gasteiger charge is 2.18. The molecule has 19 heavy (non-hydrogen) atoms. The third-order valence-electron chi connectivity index (χ3n) is 3.45. The minimum absolute atomic E-state index is 0.00493. The van der Waals surface area contributed by atoms with Crippen molar-refractivity contribution in [3.05, 3.63) is 29.3 Å². The zero-order valence-electron chi connectivity index (χ0n) is 11.5. The summed E-state index contributed by atoms with van der Waals surface area (Å²) in [5, 5.41) is 2.91. The highest BCUT2D eigenvalue weighted by Crippen LogP contribution is 2.24. The molecule has 0 aliphatic rings. The molecule has 0 fully saturated rings. The minimum atomic E-state index is -0.666. The van der Waals surface area contributed by atoms with Crippen molar-refractivity contribution in [2.45, 2.75) is 39.7 Å². The number of halogens is 2. The second kappa shape index (κ2) is 6.80.